The highest BCUT2D eigenvalue weighted by Gasteiger charge is 2.31. The summed E-state index contributed by atoms with van der Waals surface area (Å²) in [6.07, 6.45) is 2.81. The van der Waals surface area contributed by atoms with Gasteiger partial charge in [0, 0.05) is 6.07 Å². The number of anilines is 1. The van der Waals surface area contributed by atoms with Crippen LogP contribution in [0.25, 0.3) is 0 Å². The van der Waals surface area contributed by atoms with Gasteiger partial charge in [0.2, 0.25) is 15.8 Å². The molecule has 0 aliphatic heterocycles. The van der Waals surface area contributed by atoms with Crippen molar-refractivity contribution in [3.63, 3.8) is 0 Å². The van der Waals surface area contributed by atoms with Gasteiger partial charge in [-0.2, -0.15) is 0 Å². The van der Waals surface area contributed by atoms with Crippen LogP contribution in [0.5, 0.6) is 0 Å². The van der Waals surface area contributed by atoms with Crippen LogP contribution < -0.4 is 4.72 Å². The van der Waals surface area contributed by atoms with Gasteiger partial charge in [0.05, 0.1) is 10.2 Å². The first kappa shape index (κ1) is 14.0. The zero-order valence-electron chi connectivity index (χ0n) is 9.87. The lowest BCUT2D eigenvalue weighted by Gasteiger charge is -2.12. The number of nitro groups is 1. The van der Waals surface area contributed by atoms with Crippen LogP contribution in [-0.2, 0) is 10.0 Å². The Balaban J connectivity index is 2.32. The monoisotopic (exact) mass is 305 g/mol. The van der Waals surface area contributed by atoms with Gasteiger partial charge in [0.1, 0.15) is 5.15 Å². The molecule has 19 heavy (non-hydrogen) atoms. The Morgan fingerprint density at radius 1 is 1.37 bits per heavy atom. The second kappa shape index (κ2) is 5.30. The fraction of sp³-hybridized carbons (Fsp3) is 0.500. The smallest absolute Gasteiger partial charge is 0.261 e. The molecule has 0 spiro atoms. The Hall–Kier alpha value is -1.41. The first-order chi connectivity index (χ1) is 8.90. The van der Waals surface area contributed by atoms with Crippen molar-refractivity contribution in [2.45, 2.75) is 30.9 Å². The van der Waals surface area contributed by atoms with Crippen molar-refractivity contribution < 1.29 is 13.3 Å². The Kier molecular flexibility index (Phi) is 3.91. The third-order valence-electron chi connectivity index (χ3n) is 3.02. The molecule has 1 heterocycles. The molecular formula is C10H12ClN3O4S. The van der Waals surface area contributed by atoms with Crippen molar-refractivity contribution >= 4 is 33.1 Å². The third-order valence-corrected chi connectivity index (χ3v) is 5.05. The van der Waals surface area contributed by atoms with E-state index >= 15 is 0 Å². The minimum Gasteiger partial charge on any atom is -0.261 e. The molecule has 0 amide bonds. The molecule has 1 aromatic rings. The molecule has 0 bridgehead atoms. The third kappa shape index (κ3) is 3.13. The molecule has 1 saturated carbocycles. The molecule has 0 radical (unpaired) electrons. The Bertz CT molecular complexity index is 599. The summed E-state index contributed by atoms with van der Waals surface area (Å²) in [6, 6.07) is 2.37. The van der Waals surface area contributed by atoms with Crippen LogP contribution in [-0.4, -0.2) is 23.6 Å². The lowest BCUT2D eigenvalue weighted by atomic mass is 10.4. The van der Waals surface area contributed by atoms with Gasteiger partial charge in [-0.25, -0.2) is 13.4 Å². The number of aromatic nitrogens is 1. The Labute approximate surface area is 115 Å². The van der Waals surface area contributed by atoms with E-state index in [2.05, 4.69) is 9.71 Å². The maximum absolute atomic E-state index is 12.1. The van der Waals surface area contributed by atoms with Gasteiger partial charge in [-0.05, 0) is 18.9 Å². The zero-order chi connectivity index (χ0) is 14.0. The second-order valence-corrected chi connectivity index (χ2v) is 6.66. The van der Waals surface area contributed by atoms with Crippen molar-refractivity contribution in [3.05, 3.63) is 27.4 Å². The number of pyridine rings is 1. The SMILES string of the molecule is O=[N+]([O-])c1ccc(Cl)nc1NS(=O)(=O)C1CCCC1. The molecule has 0 saturated heterocycles. The minimum atomic E-state index is -3.66. The molecule has 0 unspecified atom stereocenters. The van der Waals surface area contributed by atoms with Gasteiger partial charge in [-0.3, -0.25) is 14.8 Å². The lowest BCUT2D eigenvalue weighted by molar-refractivity contribution is -0.384. The average Bonchev–Trinajstić information content (AvgIpc) is 2.81. The number of nitrogens with one attached hydrogen (secondary N) is 1. The summed E-state index contributed by atoms with van der Waals surface area (Å²) in [7, 11) is -3.66. The molecule has 1 N–H and O–H groups in total. The van der Waals surface area contributed by atoms with Gasteiger partial charge in [0.25, 0.3) is 0 Å². The molecule has 104 valence electrons. The van der Waals surface area contributed by atoms with Crippen molar-refractivity contribution in [2.75, 3.05) is 4.72 Å². The largest absolute Gasteiger partial charge is 0.312 e. The summed E-state index contributed by atoms with van der Waals surface area (Å²) < 4.78 is 26.3. The first-order valence-electron chi connectivity index (χ1n) is 5.73. The summed E-state index contributed by atoms with van der Waals surface area (Å²) in [5, 5.41) is 10.3. The van der Waals surface area contributed by atoms with E-state index in [9.17, 15) is 18.5 Å². The molecule has 1 aromatic heterocycles. The molecular weight excluding hydrogens is 294 g/mol. The number of sulfonamides is 1. The number of halogens is 1. The zero-order valence-corrected chi connectivity index (χ0v) is 11.4. The van der Waals surface area contributed by atoms with E-state index in [0.29, 0.717) is 12.8 Å². The molecule has 0 atom stereocenters. The summed E-state index contributed by atoms with van der Waals surface area (Å²) >= 11 is 5.64. The summed E-state index contributed by atoms with van der Waals surface area (Å²) in [4.78, 5) is 13.8. The molecule has 1 fully saturated rings. The van der Waals surface area contributed by atoms with E-state index in [1.165, 1.54) is 6.07 Å². The maximum atomic E-state index is 12.1. The highest BCUT2D eigenvalue weighted by Crippen LogP contribution is 2.29. The van der Waals surface area contributed by atoms with Gasteiger partial charge in [-0.15, -0.1) is 0 Å². The number of hydrogen-bond acceptors (Lipinski definition) is 5. The van der Waals surface area contributed by atoms with E-state index in [1.54, 1.807) is 0 Å². The van der Waals surface area contributed by atoms with Crippen LogP contribution in [0.4, 0.5) is 11.5 Å². The van der Waals surface area contributed by atoms with E-state index < -0.39 is 25.9 Å². The average molecular weight is 306 g/mol. The molecule has 1 aliphatic rings. The minimum absolute atomic E-state index is 0.00489. The quantitative estimate of drug-likeness (QED) is 0.522. The molecule has 7 nitrogen and oxygen atoms in total. The van der Waals surface area contributed by atoms with Crippen LogP contribution in [0.3, 0.4) is 0 Å². The standard InChI is InChI=1S/C10H12ClN3O4S/c11-9-6-5-8(14(15)16)10(12-9)13-19(17,18)7-3-1-2-4-7/h5-7H,1-4H2,(H,12,13). The highest BCUT2D eigenvalue weighted by atomic mass is 35.5. The highest BCUT2D eigenvalue weighted by molar-refractivity contribution is 7.93. The van der Waals surface area contributed by atoms with Crippen LogP contribution in [0, 0.1) is 10.1 Å². The molecule has 0 aromatic carbocycles. The van der Waals surface area contributed by atoms with E-state index in [0.717, 1.165) is 18.9 Å². The van der Waals surface area contributed by atoms with Crippen molar-refractivity contribution in [1.82, 2.24) is 4.98 Å². The number of nitrogens with zero attached hydrogens (tertiary/aromatic N) is 2. The van der Waals surface area contributed by atoms with Gasteiger partial charge < -0.3 is 0 Å². The number of rotatable bonds is 4. The van der Waals surface area contributed by atoms with Gasteiger partial charge in [-0.1, -0.05) is 24.4 Å². The number of hydrogen-bond donors (Lipinski definition) is 1. The van der Waals surface area contributed by atoms with Crippen molar-refractivity contribution in [2.24, 2.45) is 0 Å². The fourth-order valence-corrected chi connectivity index (χ4v) is 3.75. The van der Waals surface area contributed by atoms with Crippen molar-refractivity contribution in [1.29, 1.82) is 0 Å². The van der Waals surface area contributed by atoms with Crippen LogP contribution in [0.15, 0.2) is 12.1 Å². The second-order valence-electron chi connectivity index (χ2n) is 4.31. The van der Waals surface area contributed by atoms with Crippen molar-refractivity contribution in [3.8, 4) is 0 Å². The molecule has 2 rings (SSSR count). The predicted molar refractivity (Wildman–Crippen MR) is 70.7 cm³/mol. The predicted octanol–water partition coefficient (Wildman–Crippen LogP) is 2.33. The maximum Gasteiger partial charge on any atom is 0.312 e. The summed E-state index contributed by atoms with van der Waals surface area (Å²) in [5.74, 6) is -0.329. The van der Waals surface area contributed by atoms with Crippen LogP contribution in [0.2, 0.25) is 5.15 Å². The van der Waals surface area contributed by atoms with Gasteiger partial charge in [0.15, 0.2) is 0 Å². The van der Waals surface area contributed by atoms with E-state index in [-0.39, 0.29) is 11.0 Å². The first-order valence-corrected chi connectivity index (χ1v) is 7.65. The lowest BCUT2D eigenvalue weighted by Crippen LogP contribution is -2.26. The van der Waals surface area contributed by atoms with Crippen LogP contribution in [0.1, 0.15) is 25.7 Å². The van der Waals surface area contributed by atoms with Gasteiger partial charge >= 0.3 is 5.69 Å². The fourth-order valence-electron chi connectivity index (χ4n) is 2.07. The summed E-state index contributed by atoms with van der Waals surface area (Å²) in [6.45, 7) is 0. The van der Waals surface area contributed by atoms with Crippen LogP contribution >= 0.6 is 11.6 Å². The normalized spacial score (nSPS) is 16.5. The van der Waals surface area contributed by atoms with E-state index in [4.69, 9.17) is 11.6 Å². The Morgan fingerprint density at radius 2 is 2.00 bits per heavy atom. The summed E-state index contributed by atoms with van der Waals surface area (Å²) in [5.41, 5.74) is -0.411. The Morgan fingerprint density at radius 3 is 2.58 bits per heavy atom. The molecule has 9 heteroatoms. The molecule has 1 aliphatic carbocycles. The topological polar surface area (TPSA) is 102 Å². The van der Waals surface area contributed by atoms with E-state index in [1.807, 2.05) is 0 Å².